The Bertz CT molecular complexity index is 1050. The summed E-state index contributed by atoms with van der Waals surface area (Å²) in [6.45, 7) is 2.79. The summed E-state index contributed by atoms with van der Waals surface area (Å²) in [6.07, 6.45) is 0. The molecule has 0 saturated heterocycles. The van der Waals surface area contributed by atoms with E-state index >= 15 is 0 Å². The summed E-state index contributed by atoms with van der Waals surface area (Å²) in [5.41, 5.74) is 4.92. The second-order valence-electron chi connectivity index (χ2n) is 7.60. The predicted molar refractivity (Wildman–Crippen MR) is 125 cm³/mol. The van der Waals surface area contributed by atoms with Gasteiger partial charge in [0.2, 0.25) is 0 Å². The average Bonchev–Trinajstić information content (AvgIpc) is 2.88. The van der Waals surface area contributed by atoms with Gasteiger partial charge in [-0.1, -0.05) is 13.8 Å². The molecule has 0 fully saturated rings. The van der Waals surface area contributed by atoms with Crippen molar-refractivity contribution >= 4 is 23.7 Å². The maximum Gasteiger partial charge on any atom is 0.329 e. The molecular formula is C24H29N3O8. The van der Waals surface area contributed by atoms with E-state index in [2.05, 4.69) is 16.2 Å². The van der Waals surface area contributed by atoms with Crippen molar-refractivity contribution in [3.63, 3.8) is 0 Å². The third-order valence-electron chi connectivity index (χ3n) is 4.87. The Morgan fingerprint density at radius 3 is 1.97 bits per heavy atom. The fourth-order valence-electron chi connectivity index (χ4n) is 2.90. The van der Waals surface area contributed by atoms with Gasteiger partial charge in [0.05, 0.1) is 21.3 Å². The third kappa shape index (κ3) is 7.63. The number of hydrazine groups is 1. The lowest BCUT2D eigenvalue weighted by molar-refractivity contribution is -0.151. The van der Waals surface area contributed by atoms with Crippen LogP contribution in [0.2, 0.25) is 0 Å². The van der Waals surface area contributed by atoms with E-state index in [1.165, 1.54) is 33.5 Å². The summed E-state index contributed by atoms with van der Waals surface area (Å²) in [5.74, 6) is -1.58. The first-order chi connectivity index (χ1) is 16.7. The molecule has 0 aliphatic carbocycles. The van der Waals surface area contributed by atoms with Crippen LogP contribution in [0.3, 0.4) is 0 Å². The van der Waals surface area contributed by atoms with E-state index in [-0.39, 0.29) is 11.5 Å². The minimum Gasteiger partial charge on any atom is -0.497 e. The third-order valence-corrected chi connectivity index (χ3v) is 4.87. The SMILES string of the molecule is COc1ccc(C(=O)NC(C(=O)OCC(=O)NNC(=O)c2ccc(OC)c(OC)c2)C(C)C)cc1. The van der Waals surface area contributed by atoms with E-state index in [1.54, 1.807) is 44.2 Å². The van der Waals surface area contributed by atoms with Crippen molar-refractivity contribution in [1.82, 2.24) is 16.2 Å². The number of rotatable bonds is 10. The van der Waals surface area contributed by atoms with Crippen molar-refractivity contribution in [2.24, 2.45) is 5.92 Å². The van der Waals surface area contributed by atoms with Gasteiger partial charge in [-0.05, 0) is 48.4 Å². The van der Waals surface area contributed by atoms with Gasteiger partial charge in [-0.25, -0.2) is 4.79 Å². The van der Waals surface area contributed by atoms with Gasteiger partial charge in [-0.15, -0.1) is 0 Å². The molecule has 0 radical (unpaired) electrons. The number of esters is 1. The number of nitrogens with one attached hydrogen (secondary N) is 3. The highest BCUT2D eigenvalue weighted by molar-refractivity contribution is 5.97. The summed E-state index contributed by atoms with van der Waals surface area (Å²) in [5, 5.41) is 2.61. The van der Waals surface area contributed by atoms with Gasteiger partial charge < -0.3 is 24.3 Å². The zero-order valence-corrected chi connectivity index (χ0v) is 20.2. The first-order valence-corrected chi connectivity index (χ1v) is 10.6. The van der Waals surface area contributed by atoms with Crippen LogP contribution in [0.25, 0.3) is 0 Å². The molecule has 0 heterocycles. The topological polar surface area (TPSA) is 141 Å². The van der Waals surface area contributed by atoms with Gasteiger partial charge in [0.15, 0.2) is 18.1 Å². The monoisotopic (exact) mass is 487 g/mol. The van der Waals surface area contributed by atoms with Crippen molar-refractivity contribution < 1.29 is 38.1 Å². The summed E-state index contributed by atoms with van der Waals surface area (Å²) in [6, 6.07) is 9.86. The van der Waals surface area contributed by atoms with E-state index in [4.69, 9.17) is 18.9 Å². The molecule has 0 bridgehead atoms. The molecule has 2 aromatic rings. The molecule has 1 atom stereocenters. The number of carbonyl (C=O) groups is 4. The largest absolute Gasteiger partial charge is 0.497 e. The maximum absolute atomic E-state index is 12.5. The summed E-state index contributed by atoms with van der Waals surface area (Å²) in [7, 11) is 4.41. The predicted octanol–water partition coefficient (Wildman–Crippen LogP) is 1.47. The molecule has 0 aliphatic rings. The smallest absolute Gasteiger partial charge is 0.329 e. The van der Waals surface area contributed by atoms with Crippen LogP contribution in [-0.4, -0.2) is 57.7 Å². The van der Waals surface area contributed by atoms with Crippen LogP contribution in [0.4, 0.5) is 0 Å². The Morgan fingerprint density at radius 1 is 0.771 bits per heavy atom. The van der Waals surface area contributed by atoms with E-state index in [0.717, 1.165) is 0 Å². The number of amides is 3. The van der Waals surface area contributed by atoms with E-state index < -0.39 is 36.3 Å². The minimum atomic E-state index is -0.987. The van der Waals surface area contributed by atoms with Crippen molar-refractivity contribution in [3.05, 3.63) is 53.6 Å². The molecular weight excluding hydrogens is 458 g/mol. The summed E-state index contributed by atoms with van der Waals surface area (Å²) >= 11 is 0. The molecule has 3 N–H and O–H groups in total. The van der Waals surface area contributed by atoms with E-state index in [1.807, 2.05) is 0 Å². The van der Waals surface area contributed by atoms with Crippen molar-refractivity contribution in [2.45, 2.75) is 19.9 Å². The van der Waals surface area contributed by atoms with E-state index in [9.17, 15) is 19.2 Å². The van der Waals surface area contributed by atoms with Crippen LogP contribution >= 0.6 is 0 Å². The van der Waals surface area contributed by atoms with E-state index in [0.29, 0.717) is 22.8 Å². The highest BCUT2D eigenvalue weighted by atomic mass is 16.5. The summed E-state index contributed by atoms with van der Waals surface area (Å²) < 4.78 is 20.3. The van der Waals surface area contributed by atoms with Crippen LogP contribution in [0.15, 0.2) is 42.5 Å². The van der Waals surface area contributed by atoms with Crippen LogP contribution in [0, 0.1) is 5.92 Å². The molecule has 2 rings (SSSR count). The number of carbonyl (C=O) groups excluding carboxylic acids is 4. The molecule has 3 amide bonds. The second kappa shape index (κ2) is 12.8. The lowest BCUT2D eigenvalue weighted by Gasteiger charge is -2.21. The van der Waals surface area contributed by atoms with Crippen LogP contribution in [0.1, 0.15) is 34.6 Å². The highest BCUT2D eigenvalue weighted by Gasteiger charge is 2.27. The maximum atomic E-state index is 12.5. The molecule has 0 saturated carbocycles. The zero-order chi connectivity index (χ0) is 26.0. The van der Waals surface area contributed by atoms with Gasteiger partial charge in [0.1, 0.15) is 11.8 Å². The highest BCUT2D eigenvalue weighted by Crippen LogP contribution is 2.27. The Labute approximate surface area is 203 Å². The minimum absolute atomic E-state index is 0.209. The molecule has 0 aliphatic heterocycles. The Kier molecular flexibility index (Phi) is 9.88. The molecule has 0 spiro atoms. The van der Waals surface area contributed by atoms with Crippen molar-refractivity contribution in [3.8, 4) is 17.2 Å². The van der Waals surface area contributed by atoms with Crippen molar-refractivity contribution in [2.75, 3.05) is 27.9 Å². The standard InChI is InChI=1S/C24H29N3O8/c1-14(2)21(25-22(29)15-6-9-17(32-3)10-7-15)24(31)35-13-20(28)26-27-23(30)16-8-11-18(33-4)19(12-16)34-5/h6-12,14,21H,13H2,1-5H3,(H,25,29)(H,26,28)(H,27,30). The summed E-state index contributed by atoms with van der Waals surface area (Å²) in [4.78, 5) is 49.3. The fourth-order valence-corrected chi connectivity index (χ4v) is 2.90. The van der Waals surface area contributed by atoms with Gasteiger partial charge in [-0.3, -0.25) is 25.2 Å². The molecule has 35 heavy (non-hydrogen) atoms. The Morgan fingerprint density at radius 2 is 1.40 bits per heavy atom. The number of hydrogen-bond donors (Lipinski definition) is 3. The van der Waals surface area contributed by atoms with Crippen LogP contribution < -0.4 is 30.4 Å². The second-order valence-corrected chi connectivity index (χ2v) is 7.60. The van der Waals surface area contributed by atoms with Gasteiger partial charge >= 0.3 is 5.97 Å². The Balaban J connectivity index is 1.87. The first-order valence-electron chi connectivity index (χ1n) is 10.6. The Hall–Kier alpha value is -4.28. The number of methoxy groups -OCH3 is 3. The average molecular weight is 488 g/mol. The molecule has 0 aromatic heterocycles. The normalized spacial score (nSPS) is 11.1. The van der Waals surface area contributed by atoms with Crippen LogP contribution in [-0.2, 0) is 14.3 Å². The van der Waals surface area contributed by atoms with Crippen LogP contribution in [0.5, 0.6) is 17.2 Å². The first kappa shape index (κ1) is 27.0. The number of ether oxygens (including phenoxy) is 4. The van der Waals surface area contributed by atoms with Crippen molar-refractivity contribution in [1.29, 1.82) is 0 Å². The molecule has 1 unspecified atom stereocenters. The molecule has 11 heteroatoms. The van der Waals surface area contributed by atoms with Gasteiger partial charge in [-0.2, -0.15) is 0 Å². The number of hydrogen-bond acceptors (Lipinski definition) is 8. The quantitative estimate of drug-likeness (QED) is 0.338. The number of benzene rings is 2. The lowest BCUT2D eigenvalue weighted by atomic mass is 10.0. The lowest BCUT2D eigenvalue weighted by Crippen LogP contribution is -2.47. The fraction of sp³-hybridized carbons (Fsp3) is 0.333. The van der Waals surface area contributed by atoms with Gasteiger partial charge in [0, 0.05) is 11.1 Å². The van der Waals surface area contributed by atoms with Gasteiger partial charge in [0.25, 0.3) is 17.7 Å². The molecule has 11 nitrogen and oxygen atoms in total. The molecule has 2 aromatic carbocycles. The molecule has 188 valence electrons. The zero-order valence-electron chi connectivity index (χ0n) is 20.2.